The highest BCUT2D eigenvalue weighted by molar-refractivity contribution is 6.31. The Labute approximate surface area is 131 Å². The van der Waals surface area contributed by atoms with Crippen molar-refractivity contribution in [1.29, 1.82) is 0 Å². The van der Waals surface area contributed by atoms with Gasteiger partial charge in [-0.05, 0) is 43.7 Å². The zero-order chi connectivity index (χ0) is 14.7. The molecule has 1 aromatic heterocycles. The molecule has 0 aromatic carbocycles. The van der Waals surface area contributed by atoms with Gasteiger partial charge in [-0.1, -0.05) is 11.6 Å². The first kappa shape index (κ1) is 15.1. The van der Waals surface area contributed by atoms with Gasteiger partial charge in [0.2, 0.25) is 0 Å². The number of anilines is 1. The molecule has 1 saturated heterocycles. The van der Waals surface area contributed by atoms with Crippen LogP contribution in [0.2, 0.25) is 5.02 Å². The third kappa shape index (κ3) is 4.09. The normalized spacial score (nSPS) is 22.6. The Bertz CT molecular complexity index is 477. The molecule has 0 amide bonds. The number of hydrogen-bond acceptors (Lipinski definition) is 4. The Hall–Kier alpha value is -0.840. The quantitative estimate of drug-likeness (QED) is 0.877. The maximum atomic E-state index is 6.28. The number of piperidine rings is 1. The van der Waals surface area contributed by atoms with Gasteiger partial charge in [-0.15, -0.1) is 0 Å². The summed E-state index contributed by atoms with van der Waals surface area (Å²) in [6.45, 7) is 3.70. The highest BCUT2D eigenvalue weighted by Crippen LogP contribution is 2.25. The fraction of sp³-hybridized carbons (Fsp3) is 0.688. The van der Waals surface area contributed by atoms with Crippen LogP contribution in [0.1, 0.15) is 31.4 Å². The van der Waals surface area contributed by atoms with Crippen LogP contribution in [0.4, 0.5) is 5.82 Å². The van der Waals surface area contributed by atoms with Gasteiger partial charge in [0.15, 0.2) is 0 Å². The van der Waals surface area contributed by atoms with Crippen molar-refractivity contribution >= 4 is 17.4 Å². The van der Waals surface area contributed by atoms with Crippen LogP contribution in [0.5, 0.6) is 0 Å². The number of ether oxygens (including phenoxy) is 1. The molecule has 0 radical (unpaired) electrons. The molecule has 2 fully saturated rings. The third-order valence-electron chi connectivity index (χ3n) is 4.28. The summed E-state index contributed by atoms with van der Waals surface area (Å²) in [6.07, 6.45) is 5.01. The summed E-state index contributed by atoms with van der Waals surface area (Å²) in [5, 5.41) is 4.25. The molecule has 1 saturated carbocycles. The number of nitrogens with zero attached hydrogens (tertiary/aromatic N) is 2. The highest BCUT2D eigenvalue weighted by Gasteiger charge is 2.23. The van der Waals surface area contributed by atoms with Crippen LogP contribution in [0.15, 0.2) is 12.1 Å². The fourth-order valence-corrected chi connectivity index (χ4v) is 3.12. The van der Waals surface area contributed by atoms with Gasteiger partial charge >= 0.3 is 0 Å². The van der Waals surface area contributed by atoms with Crippen LogP contribution in [-0.2, 0) is 11.3 Å². The summed E-state index contributed by atoms with van der Waals surface area (Å²) >= 11 is 6.28. The number of pyridine rings is 1. The molecule has 0 bridgehead atoms. The van der Waals surface area contributed by atoms with E-state index in [1.165, 1.54) is 25.7 Å². The van der Waals surface area contributed by atoms with E-state index in [-0.39, 0.29) is 0 Å². The van der Waals surface area contributed by atoms with Crippen LogP contribution in [0.3, 0.4) is 0 Å². The number of halogens is 1. The molecule has 116 valence electrons. The van der Waals surface area contributed by atoms with Crippen molar-refractivity contribution < 1.29 is 4.74 Å². The minimum Gasteiger partial charge on any atom is -0.384 e. The lowest BCUT2D eigenvalue weighted by atomic mass is 9.99. The first-order valence-corrected chi connectivity index (χ1v) is 8.26. The van der Waals surface area contributed by atoms with Gasteiger partial charge in [0.25, 0.3) is 0 Å². The molecule has 1 aliphatic carbocycles. The van der Waals surface area contributed by atoms with E-state index in [1.54, 1.807) is 7.11 Å². The predicted molar refractivity (Wildman–Crippen MR) is 85.9 cm³/mol. The fourth-order valence-electron chi connectivity index (χ4n) is 2.95. The summed E-state index contributed by atoms with van der Waals surface area (Å²) in [7, 11) is 1.78. The van der Waals surface area contributed by atoms with Crippen LogP contribution >= 0.6 is 11.6 Å². The first-order valence-electron chi connectivity index (χ1n) is 7.89. The summed E-state index contributed by atoms with van der Waals surface area (Å²) in [5.41, 5.74) is 0.968. The van der Waals surface area contributed by atoms with Gasteiger partial charge in [-0.3, -0.25) is 0 Å². The average Bonchev–Trinajstić information content (AvgIpc) is 3.31. The van der Waals surface area contributed by atoms with Crippen molar-refractivity contribution in [2.45, 2.75) is 38.3 Å². The largest absolute Gasteiger partial charge is 0.384 e. The maximum Gasteiger partial charge on any atom is 0.128 e. The molecule has 21 heavy (non-hydrogen) atoms. The van der Waals surface area contributed by atoms with Gasteiger partial charge < -0.3 is 15.0 Å². The molecule has 1 atom stereocenters. The Morgan fingerprint density at radius 2 is 2.24 bits per heavy atom. The third-order valence-corrected chi connectivity index (χ3v) is 4.63. The topological polar surface area (TPSA) is 37.4 Å². The summed E-state index contributed by atoms with van der Waals surface area (Å²) in [5.74, 6) is 1.65. The number of hydrogen-bond donors (Lipinski definition) is 1. The Morgan fingerprint density at radius 3 is 3.00 bits per heavy atom. The van der Waals surface area contributed by atoms with E-state index in [2.05, 4.69) is 10.2 Å². The standard InChI is InChI=1S/C16H24ClN3O/c1-21-11-12-3-2-8-20(10-12)16-7-6-14(17)15(19-16)9-18-13-4-5-13/h6-7,12-13,18H,2-5,8-11H2,1H3. The molecule has 3 rings (SSSR count). The van der Waals surface area contributed by atoms with Gasteiger partial charge in [-0.25, -0.2) is 4.98 Å². The van der Waals surface area contributed by atoms with Gasteiger partial charge in [0, 0.05) is 32.8 Å². The van der Waals surface area contributed by atoms with Crippen LogP contribution < -0.4 is 10.2 Å². The summed E-state index contributed by atoms with van der Waals surface area (Å²) < 4.78 is 5.30. The average molecular weight is 310 g/mol. The lowest BCUT2D eigenvalue weighted by Crippen LogP contribution is -2.37. The minimum absolute atomic E-state index is 0.606. The second-order valence-corrected chi connectivity index (χ2v) is 6.57. The lowest BCUT2D eigenvalue weighted by molar-refractivity contribution is 0.143. The van der Waals surface area contributed by atoms with Gasteiger partial charge in [0.1, 0.15) is 5.82 Å². The van der Waals surface area contributed by atoms with Crippen molar-refractivity contribution in [1.82, 2.24) is 10.3 Å². The van der Waals surface area contributed by atoms with E-state index in [1.807, 2.05) is 12.1 Å². The smallest absolute Gasteiger partial charge is 0.128 e. The molecule has 1 aliphatic heterocycles. The van der Waals surface area contributed by atoms with Gasteiger partial charge in [-0.2, -0.15) is 0 Å². The first-order chi connectivity index (χ1) is 10.3. The number of nitrogens with one attached hydrogen (secondary N) is 1. The van der Waals surface area contributed by atoms with Gasteiger partial charge in [0.05, 0.1) is 17.3 Å². The van der Waals surface area contributed by atoms with E-state index in [9.17, 15) is 0 Å². The zero-order valence-corrected chi connectivity index (χ0v) is 13.4. The summed E-state index contributed by atoms with van der Waals surface area (Å²) in [4.78, 5) is 7.15. The van der Waals surface area contributed by atoms with E-state index in [4.69, 9.17) is 21.3 Å². The molecular weight excluding hydrogens is 286 g/mol. The number of rotatable bonds is 6. The van der Waals surface area contributed by atoms with Crippen molar-refractivity contribution in [3.63, 3.8) is 0 Å². The van der Waals surface area contributed by atoms with Crippen LogP contribution in [-0.4, -0.2) is 37.8 Å². The highest BCUT2D eigenvalue weighted by atomic mass is 35.5. The Morgan fingerprint density at radius 1 is 1.38 bits per heavy atom. The molecule has 2 aliphatic rings. The zero-order valence-electron chi connectivity index (χ0n) is 12.6. The SMILES string of the molecule is COCC1CCCN(c2ccc(Cl)c(CNC3CC3)n2)C1. The van der Waals surface area contributed by atoms with Crippen molar-refractivity contribution in [2.24, 2.45) is 5.92 Å². The Kier molecular flexibility index (Phi) is 4.99. The van der Waals surface area contributed by atoms with E-state index >= 15 is 0 Å². The summed E-state index contributed by atoms with van der Waals surface area (Å²) in [6, 6.07) is 4.69. The molecule has 1 aromatic rings. The lowest BCUT2D eigenvalue weighted by Gasteiger charge is -2.33. The molecule has 2 heterocycles. The molecule has 1 N–H and O–H groups in total. The van der Waals surface area contributed by atoms with E-state index in [0.717, 1.165) is 42.8 Å². The second kappa shape index (κ2) is 6.95. The van der Waals surface area contributed by atoms with E-state index < -0.39 is 0 Å². The monoisotopic (exact) mass is 309 g/mol. The van der Waals surface area contributed by atoms with Crippen molar-refractivity contribution in [2.75, 3.05) is 31.7 Å². The predicted octanol–water partition coefficient (Wildman–Crippen LogP) is 2.85. The number of methoxy groups -OCH3 is 1. The molecular formula is C16H24ClN3O. The molecule has 1 unspecified atom stereocenters. The van der Waals surface area contributed by atoms with Crippen LogP contribution in [0, 0.1) is 5.92 Å². The van der Waals surface area contributed by atoms with E-state index in [0.29, 0.717) is 12.0 Å². The molecule has 5 heteroatoms. The Balaban J connectivity index is 1.67. The van der Waals surface area contributed by atoms with Crippen molar-refractivity contribution in [3.8, 4) is 0 Å². The van der Waals surface area contributed by atoms with Crippen molar-refractivity contribution in [3.05, 3.63) is 22.8 Å². The maximum absolute atomic E-state index is 6.28. The van der Waals surface area contributed by atoms with Crippen LogP contribution in [0.25, 0.3) is 0 Å². The molecule has 0 spiro atoms. The minimum atomic E-state index is 0.606. The second-order valence-electron chi connectivity index (χ2n) is 6.16. The molecule has 4 nitrogen and oxygen atoms in total. The number of aromatic nitrogens is 1.